The Morgan fingerprint density at radius 2 is 1.50 bits per heavy atom. The van der Waals surface area contributed by atoms with Gasteiger partial charge in [0.15, 0.2) is 5.58 Å². The van der Waals surface area contributed by atoms with Crippen molar-refractivity contribution in [2.45, 2.75) is 13.2 Å². The van der Waals surface area contributed by atoms with Gasteiger partial charge in [0, 0.05) is 38.8 Å². The summed E-state index contributed by atoms with van der Waals surface area (Å²) in [6.07, 6.45) is 1.35. The highest BCUT2D eigenvalue weighted by Crippen LogP contribution is 2.27. The fourth-order valence-corrected chi connectivity index (χ4v) is 4.59. The number of ether oxygens (including phenoxy) is 6. The maximum Gasteiger partial charge on any atom is 0.410 e. The second-order valence-corrected chi connectivity index (χ2v) is 10.4. The molecule has 0 radical (unpaired) electrons. The number of rotatable bonds is 18. The van der Waals surface area contributed by atoms with E-state index >= 15 is 0 Å². The molecule has 0 unspecified atom stereocenters. The smallest absolute Gasteiger partial charge is 0.410 e. The standard InChI is InChI=1S/C33H41N5O8/c34-10-15-40-16-17-41-18-19-42-20-21-43-29-7-6-27(35-23-29)25-44-28-8-9-31-30(22-28)36-32(46-31)37-11-13-38(14-12-37)33(39)45-24-26-4-2-1-3-5-26/h1-9,22-23H,10-21,24-25,34H2. The Morgan fingerprint density at radius 1 is 0.783 bits per heavy atom. The van der Waals surface area contributed by atoms with Crippen LogP contribution in [0.4, 0.5) is 10.8 Å². The number of amides is 1. The molecule has 1 saturated heterocycles. The predicted octanol–water partition coefficient (Wildman–Crippen LogP) is 3.65. The van der Waals surface area contributed by atoms with Crippen LogP contribution in [-0.4, -0.2) is 99.9 Å². The van der Waals surface area contributed by atoms with Crippen LogP contribution in [0.5, 0.6) is 11.5 Å². The largest absolute Gasteiger partial charge is 0.490 e. The van der Waals surface area contributed by atoms with Crippen molar-refractivity contribution in [1.82, 2.24) is 14.9 Å². The summed E-state index contributed by atoms with van der Waals surface area (Å²) in [5.41, 5.74) is 8.43. The zero-order valence-electron chi connectivity index (χ0n) is 25.9. The van der Waals surface area contributed by atoms with Crippen LogP contribution in [0.25, 0.3) is 11.1 Å². The molecule has 2 N–H and O–H groups in total. The predicted molar refractivity (Wildman–Crippen MR) is 170 cm³/mol. The zero-order chi connectivity index (χ0) is 31.8. The molecular formula is C33H41N5O8. The third-order valence-corrected chi connectivity index (χ3v) is 7.05. The van der Waals surface area contributed by atoms with Crippen molar-refractivity contribution in [2.75, 3.05) is 83.9 Å². The lowest BCUT2D eigenvalue weighted by Gasteiger charge is -2.33. The summed E-state index contributed by atoms with van der Waals surface area (Å²) in [7, 11) is 0. The summed E-state index contributed by atoms with van der Waals surface area (Å²) in [4.78, 5) is 25.3. The van der Waals surface area contributed by atoms with Gasteiger partial charge in [-0.25, -0.2) is 4.79 Å². The molecule has 4 aromatic rings. The van der Waals surface area contributed by atoms with E-state index in [1.165, 1.54) is 0 Å². The van der Waals surface area contributed by atoms with Gasteiger partial charge in [0.1, 0.15) is 36.8 Å². The van der Waals surface area contributed by atoms with Gasteiger partial charge in [0.05, 0.1) is 51.5 Å². The van der Waals surface area contributed by atoms with Crippen molar-refractivity contribution < 1.29 is 37.6 Å². The lowest BCUT2D eigenvalue weighted by Crippen LogP contribution is -2.49. The van der Waals surface area contributed by atoms with Crippen LogP contribution in [0.2, 0.25) is 0 Å². The van der Waals surface area contributed by atoms with Gasteiger partial charge in [-0.2, -0.15) is 4.98 Å². The maximum atomic E-state index is 12.5. The quantitative estimate of drug-likeness (QED) is 0.159. The molecule has 0 bridgehead atoms. The molecule has 1 amide bonds. The number of aromatic nitrogens is 2. The van der Waals surface area contributed by atoms with Gasteiger partial charge in [-0.3, -0.25) is 4.98 Å². The molecule has 0 atom stereocenters. The van der Waals surface area contributed by atoms with Gasteiger partial charge in [-0.1, -0.05) is 30.3 Å². The Balaban J connectivity index is 0.986. The van der Waals surface area contributed by atoms with E-state index in [1.54, 1.807) is 11.1 Å². The van der Waals surface area contributed by atoms with Gasteiger partial charge in [0.25, 0.3) is 6.01 Å². The van der Waals surface area contributed by atoms with Crippen molar-refractivity contribution in [1.29, 1.82) is 0 Å². The minimum absolute atomic E-state index is 0.257. The Labute approximate surface area is 268 Å². The van der Waals surface area contributed by atoms with E-state index in [0.29, 0.717) is 114 Å². The maximum absolute atomic E-state index is 12.5. The zero-order valence-corrected chi connectivity index (χ0v) is 25.9. The fraction of sp³-hybridized carbons (Fsp3) is 0.424. The van der Waals surface area contributed by atoms with E-state index in [4.69, 9.17) is 38.6 Å². The average molecular weight is 636 g/mol. The summed E-state index contributed by atoms with van der Waals surface area (Å²) in [6.45, 7) is 6.73. The number of carbonyl (C=O) groups is 1. The van der Waals surface area contributed by atoms with E-state index in [0.717, 1.165) is 11.3 Å². The van der Waals surface area contributed by atoms with Crippen molar-refractivity contribution in [3.05, 3.63) is 78.1 Å². The van der Waals surface area contributed by atoms with Crippen LogP contribution in [0.3, 0.4) is 0 Å². The number of carbonyl (C=O) groups excluding carboxylic acids is 1. The first-order valence-corrected chi connectivity index (χ1v) is 15.4. The fourth-order valence-electron chi connectivity index (χ4n) is 4.59. The summed E-state index contributed by atoms with van der Waals surface area (Å²) >= 11 is 0. The van der Waals surface area contributed by atoms with Crippen LogP contribution in [0, 0.1) is 0 Å². The number of pyridine rings is 1. The van der Waals surface area contributed by atoms with Crippen LogP contribution < -0.4 is 20.1 Å². The molecule has 2 aromatic heterocycles. The van der Waals surface area contributed by atoms with Crippen LogP contribution >= 0.6 is 0 Å². The lowest BCUT2D eigenvalue weighted by atomic mass is 10.2. The SMILES string of the molecule is NCCOCCOCCOCCOc1ccc(COc2ccc3oc(N4CCN(C(=O)OCc5ccccc5)CC4)nc3c2)nc1. The molecule has 0 saturated carbocycles. The van der Waals surface area contributed by atoms with E-state index in [1.807, 2.05) is 65.6 Å². The van der Waals surface area contributed by atoms with Crippen LogP contribution in [0.15, 0.2) is 71.3 Å². The molecular weight excluding hydrogens is 594 g/mol. The molecule has 3 heterocycles. The van der Waals surface area contributed by atoms with Crippen molar-refractivity contribution in [2.24, 2.45) is 5.73 Å². The van der Waals surface area contributed by atoms with Crippen molar-refractivity contribution in [3.8, 4) is 11.5 Å². The topological polar surface area (TPSA) is 144 Å². The van der Waals surface area contributed by atoms with Gasteiger partial charge >= 0.3 is 6.09 Å². The Bertz CT molecular complexity index is 1460. The molecule has 0 aliphatic carbocycles. The number of oxazole rings is 1. The monoisotopic (exact) mass is 635 g/mol. The molecule has 0 spiro atoms. The molecule has 13 nitrogen and oxygen atoms in total. The first kappa shape index (κ1) is 32.9. The summed E-state index contributed by atoms with van der Waals surface area (Å²) in [6, 6.07) is 19.4. The third kappa shape index (κ3) is 10.3. The first-order chi connectivity index (χ1) is 22.7. The number of fused-ring (bicyclic) bond motifs is 1. The highest BCUT2D eigenvalue weighted by molar-refractivity contribution is 5.76. The molecule has 1 fully saturated rings. The van der Waals surface area contributed by atoms with Gasteiger partial charge in [-0.15, -0.1) is 0 Å². The molecule has 246 valence electrons. The van der Waals surface area contributed by atoms with Crippen molar-refractivity contribution in [3.63, 3.8) is 0 Å². The molecule has 13 heteroatoms. The number of nitrogens with zero attached hydrogens (tertiary/aromatic N) is 4. The third-order valence-electron chi connectivity index (χ3n) is 7.05. The number of hydrogen-bond acceptors (Lipinski definition) is 12. The van der Waals surface area contributed by atoms with Crippen LogP contribution in [0.1, 0.15) is 11.3 Å². The molecule has 1 aliphatic rings. The van der Waals surface area contributed by atoms with E-state index in [9.17, 15) is 4.79 Å². The van der Waals surface area contributed by atoms with Gasteiger partial charge in [-0.05, 0) is 29.8 Å². The average Bonchev–Trinajstić information content (AvgIpc) is 3.53. The number of piperazine rings is 1. The minimum Gasteiger partial charge on any atom is -0.490 e. The highest BCUT2D eigenvalue weighted by Gasteiger charge is 2.25. The molecule has 2 aromatic carbocycles. The molecule has 46 heavy (non-hydrogen) atoms. The van der Waals surface area contributed by atoms with Gasteiger partial charge in [0.2, 0.25) is 0 Å². The number of anilines is 1. The highest BCUT2D eigenvalue weighted by atomic mass is 16.6. The molecule has 5 rings (SSSR count). The van der Waals surface area contributed by atoms with Crippen molar-refractivity contribution >= 4 is 23.2 Å². The Kier molecular flexibility index (Phi) is 12.8. The summed E-state index contributed by atoms with van der Waals surface area (Å²) in [5.74, 6) is 1.31. The number of nitrogens with two attached hydrogens (primary N) is 1. The summed E-state index contributed by atoms with van der Waals surface area (Å²) in [5, 5.41) is 0. The Morgan fingerprint density at radius 3 is 2.22 bits per heavy atom. The number of hydrogen-bond donors (Lipinski definition) is 1. The van der Waals surface area contributed by atoms with E-state index in [-0.39, 0.29) is 12.7 Å². The molecule has 1 aliphatic heterocycles. The second-order valence-electron chi connectivity index (χ2n) is 10.4. The summed E-state index contributed by atoms with van der Waals surface area (Å²) < 4.78 is 39.3. The van der Waals surface area contributed by atoms with E-state index in [2.05, 4.69) is 9.97 Å². The second kappa shape index (κ2) is 17.9. The van der Waals surface area contributed by atoms with E-state index < -0.39 is 0 Å². The lowest BCUT2D eigenvalue weighted by molar-refractivity contribution is 0.0105. The normalized spacial score (nSPS) is 13.2. The first-order valence-electron chi connectivity index (χ1n) is 15.4. The number of benzene rings is 2. The van der Waals surface area contributed by atoms with Crippen LogP contribution in [-0.2, 0) is 32.2 Å². The van der Waals surface area contributed by atoms with Gasteiger partial charge < -0.3 is 48.4 Å². The Hall–Kier alpha value is -4.43. The minimum atomic E-state index is -0.316.